The SMILES string of the molecule is COc1ccc(N2C(=O)/C(=C/c3ccc(OC(C)C)cc3)C(=O)NC2=S)c(OC)c1. The van der Waals surface area contributed by atoms with Crippen molar-refractivity contribution in [2.75, 3.05) is 19.1 Å². The van der Waals surface area contributed by atoms with Crippen molar-refractivity contribution in [3.8, 4) is 17.2 Å². The van der Waals surface area contributed by atoms with E-state index in [4.69, 9.17) is 26.4 Å². The van der Waals surface area contributed by atoms with Crippen molar-refractivity contribution < 1.29 is 23.8 Å². The molecule has 1 fully saturated rings. The van der Waals surface area contributed by atoms with E-state index in [9.17, 15) is 9.59 Å². The van der Waals surface area contributed by atoms with Gasteiger partial charge < -0.3 is 14.2 Å². The van der Waals surface area contributed by atoms with Crippen molar-refractivity contribution >= 4 is 40.9 Å². The average molecular weight is 426 g/mol. The minimum absolute atomic E-state index is 0.0219. The van der Waals surface area contributed by atoms with E-state index in [1.54, 1.807) is 42.5 Å². The number of carbonyl (C=O) groups excluding carboxylic acids is 2. The molecule has 0 atom stereocenters. The number of ether oxygens (including phenoxy) is 3. The molecule has 0 aliphatic carbocycles. The molecule has 30 heavy (non-hydrogen) atoms. The quantitative estimate of drug-likeness (QED) is 0.434. The van der Waals surface area contributed by atoms with Gasteiger partial charge in [0.15, 0.2) is 5.11 Å². The van der Waals surface area contributed by atoms with Crippen molar-refractivity contribution in [2.24, 2.45) is 0 Å². The Morgan fingerprint density at radius 2 is 1.67 bits per heavy atom. The first kappa shape index (κ1) is 21.3. The van der Waals surface area contributed by atoms with Crippen LogP contribution in [-0.4, -0.2) is 37.3 Å². The van der Waals surface area contributed by atoms with Crippen LogP contribution in [0.4, 0.5) is 5.69 Å². The van der Waals surface area contributed by atoms with Crippen LogP contribution in [0.3, 0.4) is 0 Å². The molecule has 2 aromatic rings. The van der Waals surface area contributed by atoms with Crippen LogP contribution in [-0.2, 0) is 9.59 Å². The maximum atomic E-state index is 13.2. The molecule has 1 aliphatic heterocycles. The zero-order valence-electron chi connectivity index (χ0n) is 17.1. The lowest BCUT2D eigenvalue weighted by Gasteiger charge is -2.30. The van der Waals surface area contributed by atoms with Gasteiger partial charge in [-0.25, -0.2) is 4.90 Å². The summed E-state index contributed by atoms with van der Waals surface area (Å²) in [5.41, 5.74) is 1.04. The molecule has 0 aromatic heterocycles. The number of carbonyl (C=O) groups is 2. The topological polar surface area (TPSA) is 77.1 Å². The van der Waals surface area contributed by atoms with Gasteiger partial charge in [0.25, 0.3) is 11.8 Å². The lowest BCUT2D eigenvalue weighted by atomic mass is 10.1. The van der Waals surface area contributed by atoms with E-state index >= 15 is 0 Å². The summed E-state index contributed by atoms with van der Waals surface area (Å²) in [6.45, 7) is 3.87. The van der Waals surface area contributed by atoms with Crippen LogP contribution in [0.15, 0.2) is 48.0 Å². The normalized spacial score (nSPS) is 15.4. The molecule has 0 bridgehead atoms. The molecule has 0 saturated carbocycles. The van der Waals surface area contributed by atoms with Crippen LogP contribution < -0.4 is 24.4 Å². The number of hydrogen-bond acceptors (Lipinski definition) is 6. The third-order valence-electron chi connectivity index (χ3n) is 4.29. The number of nitrogens with one attached hydrogen (secondary N) is 1. The fourth-order valence-corrected chi connectivity index (χ4v) is 3.20. The first-order valence-corrected chi connectivity index (χ1v) is 9.65. The maximum Gasteiger partial charge on any atom is 0.270 e. The predicted molar refractivity (Wildman–Crippen MR) is 118 cm³/mol. The van der Waals surface area contributed by atoms with Crippen molar-refractivity contribution in [3.63, 3.8) is 0 Å². The summed E-state index contributed by atoms with van der Waals surface area (Å²) < 4.78 is 16.2. The van der Waals surface area contributed by atoms with Crippen LogP contribution in [0.5, 0.6) is 17.2 Å². The largest absolute Gasteiger partial charge is 0.497 e. The molecule has 2 aromatic carbocycles. The number of rotatable bonds is 6. The molecule has 1 heterocycles. The van der Waals surface area contributed by atoms with Crippen molar-refractivity contribution in [3.05, 3.63) is 53.6 Å². The van der Waals surface area contributed by atoms with Crippen LogP contribution >= 0.6 is 12.2 Å². The summed E-state index contributed by atoms with van der Waals surface area (Å²) >= 11 is 5.25. The fraction of sp³-hybridized carbons (Fsp3) is 0.227. The van der Waals surface area contributed by atoms with Crippen LogP contribution in [0.1, 0.15) is 19.4 Å². The standard InChI is InChI=1S/C22H22N2O5S/c1-13(2)29-15-7-5-14(6-8-15)11-17-20(25)23-22(30)24(21(17)26)18-10-9-16(27-3)12-19(18)28-4/h5-13H,1-4H3,(H,23,25,30)/b17-11+. The molecule has 1 saturated heterocycles. The minimum atomic E-state index is -0.559. The first-order valence-electron chi connectivity index (χ1n) is 9.24. The van der Waals surface area contributed by atoms with Gasteiger partial charge in [-0.2, -0.15) is 0 Å². The van der Waals surface area contributed by atoms with Gasteiger partial charge in [0.05, 0.1) is 26.0 Å². The van der Waals surface area contributed by atoms with Crippen molar-refractivity contribution in [1.29, 1.82) is 0 Å². The number of methoxy groups -OCH3 is 2. The summed E-state index contributed by atoms with van der Waals surface area (Å²) in [5, 5.41) is 2.54. The van der Waals surface area contributed by atoms with E-state index in [1.807, 2.05) is 13.8 Å². The van der Waals surface area contributed by atoms with E-state index in [1.165, 1.54) is 25.2 Å². The Morgan fingerprint density at radius 1 is 1.00 bits per heavy atom. The van der Waals surface area contributed by atoms with Crippen molar-refractivity contribution in [2.45, 2.75) is 20.0 Å². The fourth-order valence-electron chi connectivity index (χ4n) is 2.93. The third-order valence-corrected chi connectivity index (χ3v) is 4.58. The Kier molecular flexibility index (Phi) is 6.37. The smallest absolute Gasteiger partial charge is 0.270 e. The minimum Gasteiger partial charge on any atom is -0.497 e. The Hall–Kier alpha value is -3.39. The molecule has 156 valence electrons. The van der Waals surface area contributed by atoms with Gasteiger partial charge in [-0.1, -0.05) is 12.1 Å². The molecule has 7 nitrogen and oxygen atoms in total. The number of anilines is 1. The highest BCUT2D eigenvalue weighted by Crippen LogP contribution is 2.34. The highest BCUT2D eigenvalue weighted by molar-refractivity contribution is 7.80. The first-order chi connectivity index (χ1) is 14.3. The number of nitrogens with zero attached hydrogens (tertiary/aromatic N) is 1. The van der Waals surface area contributed by atoms with Crippen molar-refractivity contribution in [1.82, 2.24) is 5.32 Å². The van der Waals surface area contributed by atoms with E-state index in [0.717, 1.165) is 0 Å². The van der Waals surface area contributed by atoms with Gasteiger partial charge >= 0.3 is 0 Å². The van der Waals surface area contributed by atoms with Gasteiger partial charge in [0, 0.05) is 6.07 Å². The summed E-state index contributed by atoms with van der Waals surface area (Å²) in [5.74, 6) is 0.550. The van der Waals surface area contributed by atoms with Crippen LogP contribution in [0.2, 0.25) is 0 Å². The Bertz CT molecular complexity index is 1010. The number of amides is 2. The highest BCUT2D eigenvalue weighted by Gasteiger charge is 2.36. The predicted octanol–water partition coefficient (Wildman–Crippen LogP) is 3.32. The molecule has 8 heteroatoms. The van der Waals surface area contributed by atoms with E-state index < -0.39 is 11.8 Å². The lowest BCUT2D eigenvalue weighted by molar-refractivity contribution is -0.122. The summed E-state index contributed by atoms with van der Waals surface area (Å²) in [6, 6.07) is 12.1. The zero-order valence-corrected chi connectivity index (χ0v) is 17.9. The molecule has 1 aliphatic rings. The zero-order chi connectivity index (χ0) is 21.8. The molecule has 3 rings (SSSR count). The van der Waals surface area contributed by atoms with Gasteiger partial charge in [-0.15, -0.1) is 0 Å². The van der Waals surface area contributed by atoms with Gasteiger partial charge in [0.1, 0.15) is 22.8 Å². The second kappa shape index (κ2) is 8.96. The molecule has 1 N–H and O–H groups in total. The molecule has 0 spiro atoms. The van der Waals surface area contributed by atoms with Gasteiger partial charge in [0.2, 0.25) is 0 Å². The van der Waals surface area contributed by atoms with Gasteiger partial charge in [-0.3, -0.25) is 14.9 Å². The van der Waals surface area contributed by atoms with E-state index in [2.05, 4.69) is 5.32 Å². The Balaban J connectivity index is 1.96. The monoisotopic (exact) mass is 426 g/mol. The molecule has 0 radical (unpaired) electrons. The third kappa shape index (κ3) is 4.44. The molecule has 0 unspecified atom stereocenters. The summed E-state index contributed by atoms with van der Waals surface area (Å²) in [7, 11) is 3.01. The van der Waals surface area contributed by atoms with E-state index in [-0.39, 0.29) is 16.8 Å². The second-order valence-corrected chi connectivity index (χ2v) is 7.12. The Morgan fingerprint density at radius 3 is 2.27 bits per heavy atom. The second-order valence-electron chi connectivity index (χ2n) is 6.73. The lowest BCUT2D eigenvalue weighted by Crippen LogP contribution is -2.54. The van der Waals surface area contributed by atoms with Gasteiger partial charge in [-0.05, 0) is 62.0 Å². The number of benzene rings is 2. The Labute approximate surface area is 180 Å². The molecular formula is C22H22N2O5S. The molecule has 2 amide bonds. The highest BCUT2D eigenvalue weighted by atomic mass is 32.1. The van der Waals surface area contributed by atoms with Crippen LogP contribution in [0, 0.1) is 0 Å². The number of hydrogen-bond donors (Lipinski definition) is 1. The van der Waals surface area contributed by atoms with E-state index in [0.29, 0.717) is 28.5 Å². The van der Waals surface area contributed by atoms with Crippen LogP contribution in [0.25, 0.3) is 6.08 Å². The average Bonchev–Trinajstić information content (AvgIpc) is 2.72. The number of thiocarbonyl (C=S) groups is 1. The maximum absolute atomic E-state index is 13.2. The summed E-state index contributed by atoms with van der Waals surface area (Å²) in [4.78, 5) is 26.9. The molecular weight excluding hydrogens is 404 g/mol. The summed E-state index contributed by atoms with van der Waals surface area (Å²) in [6.07, 6.45) is 1.57.